The molecular weight excluding hydrogens is 208 g/mol. The van der Waals surface area contributed by atoms with Gasteiger partial charge < -0.3 is 5.11 Å². The second-order valence-electron chi connectivity index (χ2n) is 3.73. The maximum Gasteiger partial charge on any atom is 0.356 e. The van der Waals surface area contributed by atoms with Crippen LogP contribution in [0.3, 0.4) is 0 Å². The highest BCUT2D eigenvalue weighted by Gasteiger charge is 2.15. The van der Waals surface area contributed by atoms with Gasteiger partial charge in [0.15, 0.2) is 5.69 Å². The molecular formula is C11H12N2O3. The van der Waals surface area contributed by atoms with Crippen LogP contribution in [0.15, 0.2) is 29.1 Å². The van der Waals surface area contributed by atoms with Gasteiger partial charge in [0.05, 0.1) is 6.04 Å². The fourth-order valence-corrected chi connectivity index (χ4v) is 1.78. The van der Waals surface area contributed by atoms with Gasteiger partial charge in [-0.1, -0.05) is 12.2 Å². The third-order valence-corrected chi connectivity index (χ3v) is 2.59. The quantitative estimate of drug-likeness (QED) is 0.760. The van der Waals surface area contributed by atoms with E-state index in [2.05, 4.69) is 5.10 Å². The van der Waals surface area contributed by atoms with Gasteiger partial charge in [0.25, 0.3) is 5.56 Å². The molecule has 0 saturated heterocycles. The lowest BCUT2D eigenvalue weighted by Gasteiger charge is -2.17. The molecule has 84 valence electrons. The number of nitrogens with zero attached hydrogens (tertiary/aromatic N) is 2. The topological polar surface area (TPSA) is 72.2 Å². The molecule has 0 fully saturated rings. The number of allylic oxidation sites excluding steroid dienone is 2. The number of carboxylic acid groups (broad SMARTS) is 1. The molecule has 0 amide bonds. The highest BCUT2D eigenvalue weighted by Crippen LogP contribution is 2.19. The Balaban J connectivity index is 2.42. The molecule has 5 nitrogen and oxygen atoms in total. The van der Waals surface area contributed by atoms with Crippen LogP contribution in [0.2, 0.25) is 0 Å². The molecule has 2 rings (SSSR count). The maximum atomic E-state index is 11.6. The Morgan fingerprint density at radius 2 is 2.31 bits per heavy atom. The van der Waals surface area contributed by atoms with Crippen LogP contribution >= 0.6 is 0 Å². The molecule has 1 aliphatic rings. The molecule has 1 aromatic heterocycles. The summed E-state index contributed by atoms with van der Waals surface area (Å²) in [5, 5.41) is 12.7. The van der Waals surface area contributed by atoms with Crippen molar-refractivity contribution in [3.8, 4) is 0 Å². The zero-order valence-corrected chi connectivity index (χ0v) is 8.67. The fourth-order valence-electron chi connectivity index (χ4n) is 1.78. The zero-order valence-electron chi connectivity index (χ0n) is 8.67. The van der Waals surface area contributed by atoms with E-state index in [0.717, 1.165) is 19.3 Å². The molecule has 1 aromatic rings. The van der Waals surface area contributed by atoms with Gasteiger partial charge in [-0.25, -0.2) is 9.48 Å². The number of aromatic carboxylic acids is 1. The van der Waals surface area contributed by atoms with Gasteiger partial charge in [-0.3, -0.25) is 4.79 Å². The summed E-state index contributed by atoms with van der Waals surface area (Å²) < 4.78 is 1.25. The summed E-state index contributed by atoms with van der Waals surface area (Å²) in [7, 11) is 0. The van der Waals surface area contributed by atoms with Crippen LogP contribution in [0.1, 0.15) is 35.8 Å². The van der Waals surface area contributed by atoms with E-state index < -0.39 is 5.97 Å². The fraction of sp³-hybridized carbons (Fsp3) is 0.364. The lowest BCUT2D eigenvalue weighted by molar-refractivity contribution is 0.0687. The molecule has 0 bridgehead atoms. The predicted octanol–water partition coefficient (Wildman–Crippen LogP) is 1.22. The van der Waals surface area contributed by atoms with Crippen LogP contribution in [-0.2, 0) is 0 Å². The molecule has 1 atom stereocenters. The number of aromatic nitrogens is 2. The van der Waals surface area contributed by atoms with Crippen LogP contribution in [0.25, 0.3) is 0 Å². The first-order valence-corrected chi connectivity index (χ1v) is 5.18. The number of hydrogen-bond acceptors (Lipinski definition) is 3. The van der Waals surface area contributed by atoms with Crippen LogP contribution in [0.5, 0.6) is 0 Å². The summed E-state index contributed by atoms with van der Waals surface area (Å²) in [5.41, 5.74) is -0.361. The molecule has 0 saturated carbocycles. The SMILES string of the molecule is O=C(O)c1ccc(=O)n(C2C=CCCC2)n1. The average molecular weight is 220 g/mol. The van der Waals surface area contributed by atoms with Crippen molar-refractivity contribution in [3.05, 3.63) is 40.3 Å². The highest BCUT2D eigenvalue weighted by molar-refractivity contribution is 5.84. The second kappa shape index (κ2) is 4.30. The van der Waals surface area contributed by atoms with Gasteiger partial charge in [-0.15, -0.1) is 0 Å². The smallest absolute Gasteiger partial charge is 0.356 e. The average Bonchev–Trinajstić information content (AvgIpc) is 2.30. The van der Waals surface area contributed by atoms with Gasteiger partial charge in [0, 0.05) is 6.07 Å². The Bertz CT molecular complexity index is 490. The van der Waals surface area contributed by atoms with Crippen molar-refractivity contribution < 1.29 is 9.90 Å². The Labute approximate surface area is 92.0 Å². The van der Waals surface area contributed by atoms with Crippen LogP contribution in [0, 0.1) is 0 Å². The summed E-state index contributed by atoms with van der Waals surface area (Å²) in [5.74, 6) is -1.12. The lowest BCUT2D eigenvalue weighted by atomic mass is 10.0. The van der Waals surface area contributed by atoms with Crippen molar-refractivity contribution >= 4 is 5.97 Å². The molecule has 0 aromatic carbocycles. The third kappa shape index (κ3) is 2.03. The van der Waals surface area contributed by atoms with Crippen LogP contribution < -0.4 is 5.56 Å². The molecule has 1 aliphatic carbocycles. The minimum Gasteiger partial charge on any atom is -0.476 e. The Hall–Kier alpha value is -1.91. The minimum absolute atomic E-state index is 0.0985. The van der Waals surface area contributed by atoms with Gasteiger partial charge in [0.1, 0.15) is 0 Å². The summed E-state index contributed by atoms with van der Waals surface area (Å²) in [4.78, 5) is 22.3. The van der Waals surface area contributed by atoms with E-state index in [1.54, 1.807) is 0 Å². The molecule has 0 aliphatic heterocycles. The van der Waals surface area contributed by atoms with E-state index in [4.69, 9.17) is 5.11 Å². The standard InChI is InChI=1S/C11H12N2O3/c14-10-7-6-9(11(15)16)12-13(10)8-4-2-1-3-5-8/h2,4,6-8H,1,3,5H2,(H,15,16). The first kappa shape index (κ1) is 10.6. The van der Waals surface area contributed by atoms with Crippen molar-refractivity contribution in [3.63, 3.8) is 0 Å². The molecule has 1 unspecified atom stereocenters. The lowest BCUT2D eigenvalue weighted by Crippen LogP contribution is -2.28. The van der Waals surface area contributed by atoms with Crippen LogP contribution in [0.4, 0.5) is 0 Å². The van der Waals surface area contributed by atoms with Gasteiger partial charge in [-0.2, -0.15) is 5.10 Å². The summed E-state index contributed by atoms with van der Waals surface area (Å²) >= 11 is 0. The Morgan fingerprint density at radius 3 is 2.94 bits per heavy atom. The Kier molecular flexibility index (Phi) is 2.85. The summed E-state index contributed by atoms with van der Waals surface area (Å²) in [6.07, 6.45) is 6.72. The number of hydrogen-bond donors (Lipinski definition) is 1. The molecule has 0 spiro atoms. The maximum absolute atomic E-state index is 11.6. The summed E-state index contributed by atoms with van der Waals surface area (Å²) in [6.45, 7) is 0. The van der Waals surface area contributed by atoms with E-state index in [0.29, 0.717) is 0 Å². The van der Waals surface area contributed by atoms with E-state index in [1.807, 2.05) is 12.2 Å². The molecule has 1 heterocycles. The van der Waals surface area contributed by atoms with E-state index >= 15 is 0 Å². The van der Waals surface area contributed by atoms with Crippen molar-refractivity contribution in [2.24, 2.45) is 0 Å². The van der Waals surface area contributed by atoms with Gasteiger partial charge in [0.2, 0.25) is 0 Å². The van der Waals surface area contributed by atoms with Crippen molar-refractivity contribution in [2.45, 2.75) is 25.3 Å². The summed E-state index contributed by atoms with van der Waals surface area (Å²) in [6, 6.07) is 2.37. The predicted molar refractivity (Wildman–Crippen MR) is 57.5 cm³/mol. The van der Waals surface area contributed by atoms with Gasteiger partial charge >= 0.3 is 5.97 Å². The van der Waals surface area contributed by atoms with Gasteiger partial charge in [-0.05, 0) is 25.3 Å². The van der Waals surface area contributed by atoms with E-state index in [-0.39, 0.29) is 17.3 Å². The monoisotopic (exact) mass is 220 g/mol. The van der Waals surface area contributed by atoms with Crippen LogP contribution in [-0.4, -0.2) is 20.9 Å². The minimum atomic E-state index is -1.12. The molecule has 0 radical (unpaired) electrons. The van der Waals surface area contributed by atoms with E-state index in [9.17, 15) is 9.59 Å². The van der Waals surface area contributed by atoms with Crippen molar-refractivity contribution in [1.82, 2.24) is 9.78 Å². The first-order valence-electron chi connectivity index (χ1n) is 5.18. The Morgan fingerprint density at radius 1 is 1.50 bits per heavy atom. The molecule has 5 heteroatoms. The number of carbonyl (C=O) groups is 1. The second-order valence-corrected chi connectivity index (χ2v) is 3.73. The number of rotatable bonds is 2. The van der Waals surface area contributed by atoms with E-state index in [1.165, 1.54) is 16.8 Å². The molecule has 16 heavy (non-hydrogen) atoms. The normalized spacial score (nSPS) is 19.6. The third-order valence-electron chi connectivity index (χ3n) is 2.59. The first-order chi connectivity index (χ1) is 7.68. The highest BCUT2D eigenvalue weighted by atomic mass is 16.4. The molecule has 1 N–H and O–H groups in total. The largest absolute Gasteiger partial charge is 0.476 e. The zero-order chi connectivity index (χ0) is 11.5. The van der Waals surface area contributed by atoms with Crippen molar-refractivity contribution in [1.29, 1.82) is 0 Å². The number of carboxylic acids is 1. The van der Waals surface area contributed by atoms with Crippen molar-refractivity contribution in [2.75, 3.05) is 0 Å².